The highest BCUT2D eigenvalue weighted by Gasteiger charge is 2.26. The summed E-state index contributed by atoms with van der Waals surface area (Å²) in [5.41, 5.74) is 8.53. The summed E-state index contributed by atoms with van der Waals surface area (Å²) in [6.07, 6.45) is 0.907. The van der Waals surface area contributed by atoms with Crippen molar-refractivity contribution < 1.29 is 4.79 Å². The first-order valence-corrected chi connectivity index (χ1v) is 5.29. The number of H-pyrrole nitrogens is 1. The molecule has 1 fully saturated rings. The number of carbonyl (C=O) groups is 1. The van der Waals surface area contributed by atoms with Crippen LogP contribution in [0.1, 0.15) is 28.2 Å². The first-order chi connectivity index (χ1) is 7.08. The first kappa shape index (κ1) is 10.2. The van der Waals surface area contributed by atoms with Gasteiger partial charge in [0.25, 0.3) is 5.91 Å². The number of aromatic nitrogens is 1. The lowest BCUT2D eigenvalue weighted by Gasteiger charge is -2.15. The molecule has 15 heavy (non-hydrogen) atoms. The molecule has 1 aliphatic heterocycles. The molecule has 4 nitrogen and oxygen atoms in total. The third kappa shape index (κ3) is 1.90. The van der Waals surface area contributed by atoms with Crippen LogP contribution in [-0.2, 0) is 0 Å². The van der Waals surface area contributed by atoms with Crippen LogP contribution in [0.4, 0.5) is 0 Å². The van der Waals surface area contributed by atoms with E-state index in [1.807, 2.05) is 24.8 Å². The number of hydrogen-bond acceptors (Lipinski definition) is 2. The molecule has 2 rings (SSSR count). The number of rotatable bonds is 1. The number of aryl methyl sites for hydroxylation is 2. The Bertz CT molecular complexity index is 383. The maximum atomic E-state index is 12.1. The van der Waals surface area contributed by atoms with E-state index in [0.717, 1.165) is 24.2 Å². The summed E-state index contributed by atoms with van der Waals surface area (Å²) in [6.45, 7) is 5.36. The van der Waals surface area contributed by atoms with Gasteiger partial charge in [-0.1, -0.05) is 0 Å². The average Bonchev–Trinajstić information content (AvgIpc) is 2.71. The quantitative estimate of drug-likeness (QED) is 0.715. The SMILES string of the molecule is Cc1cc(C)c(C(=O)N2CCC(N)C2)[nH]1. The Morgan fingerprint density at radius 1 is 1.60 bits per heavy atom. The van der Waals surface area contributed by atoms with Crippen LogP contribution in [0.2, 0.25) is 0 Å². The standard InChI is InChI=1S/C11H17N3O/c1-7-5-8(2)13-10(7)11(15)14-4-3-9(12)6-14/h5,9,13H,3-4,6,12H2,1-2H3. The summed E-state index contributed by atoms with van der Waals surface area (Å²) < 4.78 is 0. The lowest BCUT2D eigenvalue weighted by atomic mass is 10.2. The lowest BCUT2D eigenvalue weighted by molar-refractivity contribution is 0.0785. The summed E-state index contributed by atoms with van der Waals surface area (Å²) in [5.74, 6) is 0.0774. The molecule has 1 aromatic heterocycles. The van der Waals surface area contributed by atoms with Crippen LogP contribution in [0.3, 0.4) is 0 Å². The van der Waals surface area contributed by atoms with E-state index in [2.05, 4.69) is 4.98 Å². The second-order valence-corrected chi connectivity index (χ2v) is 4.31. The Kier molecular flexibility index (Phi) is 2.52. The summed E-state index contributed by atoms with van der Waals surface area (Å²) >= 11 is 0. The van der Waals surface area contributed by atoms with Gasteiger partial charge in [-0.25, -0.2) is 0 Å². The van der Waals surface area contributed by atoms with E-state index in [9.17, 15) is 4.79 Å². The van der Waals surface area contributed by atoms with Crippen molar-refractivity contribution >= 4 is 5.91 Å². The van der Waals surface area contributed by atoms with Gasteiger partial charge in [0.1, 0.15) is 5.69 Å². The van der Waals surface area contributed by atoms with Crippen LogP contribution in [0.15, 0.2) is 6.07 Å². The van der Waals surface area contributed by atoms with Crippen molar-refractivity contribution in [3.8, 4) is 0 Å². The van der Waals surface area contributed by atoms with Gasteiger partial charge in [0.2, 0.25) is 0 Å². The number of nitrogens with zero attached hydrogens (tertiary/aromatic N) is 1. The molecule has 0 aromatic carbocycles. The smallest absolute Gasteiger partial charge is 0.270 e. The Labute approximate surface area is 89.5 Å². The van der Waals surface area contributed by atoms with Gasteiger partial charge in [0.05, 0.1) is 0 Å². The minimum Gasteiger partial charge on any atom is -0.354 e. The molecule has 0 aliphatic carbocycles. The fraction of sp³-hybridized carbons (Fsp3) is 0.545. The maximum Gasteiger partial charge on any atom is 0.270 e. The molecule has 0 radical (unpaired) electrons. The van der Waals surface area contributed by atoms with Crippen LogP contribution in [0.25, 0.3) is 0 Å². The molecule has 3 N–H and O–H groups in total. The van der Waals surface area contributed by atoms with E-state index in [-0.39, 0.29) is 11.9 Å². The summed E-state index contributed by atoms with van der Waals surface area (Å²) in [4.78, 5) is 17.0. The highest BCUT2D eigenvalue weighted by molar-refractivity contribution is 5.94. The number of likely N-dealkylation sites (tertiary alicyclic amines) is 1. The van der Waals surface area contributed by atoms with Gasteiger partial charge in [-0.3, -0.25) is 4.79 Å². The van der Waals surface area contributed by atoms with E-state index in [1.165, 1.54) is 0 Å². The minimum atomic E-state index is 0.0774. The molecular formula is C11H17N3O. The number of hydrogen-bond donors (Lipinski definition) is 2. The Morgan fingerprint density at radius 2 is 2.33 bits per heavy atom. The molecule has 0 spiro atoms. The molecule has 4 heteroatoms. The largest absolute Gasteiger partial charge is 0.354 e. The van der Waals surface area contributed by atoms with Crippen LogP contribution in [0.5, 0.6) is 0 Å². The highest BCUT2D eigenvalue weighted by atomic mass is 16.2. The number of aromatic amines is 1. The highest BCUT2D eigenvalue weighted by Crippen LogP contribution is 2.15. The molecule has 0 saturated carbocycles. The maximum absolute atomic E-state index is 12.1. The Balaban J connectivity index is 2.17. The van der Waals surface area contributed by atoms with Crippen LogP contribution in [0, 0.1) is 13.8 Å². The minimum absolute atomic E-state index is 0.0774. The molecule has 1 aliphatic rings. The molecule has 1 aromatic rings. The van der Waals surface area contributed by atoms with E-state index in [4.69, 9.17) is 5.73 Å². The van der Waals surface area contributed by atoms with E-state index in [1.54, 1.807) is 0 Å². The second kappa shape index (κ2) is 3.70. The van der Waals surface area contributed by atoms with E-state index in [0.29, 0.717) is 12.2 Å². The van der Waals surface area contributed by atoms with Crippen LogP contribution < -0.4 is 5.73 Å². The summed E-state index contributed by atoms with van der Waals surface area (Å²) in [5, 5.41) is 0. The third-order valence-corrected chi connectivity index (χ3v) is 2.88. The molecule has 0 bridgehead atoms. The van der Waals surface area contributed by atoms with Gasteiger partial charge >= 0.3 is 0 Å². The molecule has 82 valence electrons. The fourth-order valence-corrected chi connectivity index (χ4v) is 2.08. The molecule has 1 saturated heterocycles. The van der Waals surface area contributed by atoms with Gasteiger partial charge in [0, 0.05) is 24.8 Å². The molecule has 1 amide bonds. The van der Waals surface area contributed by atoms with Crippen molar-refractivity contribution in [3.63, 3.8) is 0 Å². The number of nitrogens with two attached hydrogens (primary N) is 1. The van der Waals surface area contributed by atoms with Crippen molar-refractivity contribution in [2.45, 2.75) is 26.3 Å². The van der Waals surface area contributed by atoms with Gasteiger partial charge < -0.3 is 15.6 Å². The normalized spacial score (nSPS) is 21.0. The fourth-order valence-electron chi connectivity index (χ4n) is 2.08. The van der Waals surface area contributed by atoms with Crippen LogP contribution >= 0.6 is 0 Å². The predicted octanol–water partition coefficient (Wildman–Crippen LogP) is 0.805. The zero-order valence-corrected chi connectivity index (χ0v) is 9.21. The zero-order valence-electron chi connectivity index (χ0n) is 9.21. The number of carbonyl (C=O) groups excluding carboxylic acids is 1. The van der Waals surface area contributed by atoms with Gasteiger partial charge in [-0.05, 0) is 31.9 Å². The summed E-state index contributed by atoms with van der Waals surface area (Å²) in [6, 6.07) is 2.13. The lowest BCUT2D eigenvalue weighted by Crippen LogP contribution is -2.32. The van der Waals surface area contributed by atoms with Crippen molar-refractivity contribution in [1.82, 2.24) is 9.88 Å². The van der Waals surface area contributed by atoms with Crippen molar-refractivity contribution in [1.29, 1.82) is 0 Å². The topological polar surface area (TPSA) is 62.1 Å². The molecule has 1 unspecified atom stereocenters. The van der Waals surface area contributed by atoms with Gasteiger partial charge in [-0.15, -0.1) is 0 Å². The summed E-state index contributed by atoms with van der Waals surface area (Å²) in [7, 11) is 0. The van der Waals surface area contributed by atoms with E-state index < -0.39 is 0 Å². The molecule has 1 atom stereocenters. The Hall–Kier alpha value is -1.29. The third-order valence-electron chi connectivity index (χ3n) is 2.88. The Morgan fingerprint density at radius 3 is 2.80 bits per heavy atom. The van der Waals surface area contributed by atoms with Crippen molar-refractivity contribution in [3.05, 3.63) is 23.0 Å². The molecular weight excluding hydrogens is 190 g/mol. The van der Waals surface area contributed by atoms with Crippen LogP contribution in [-0.4, -0.2) is 34.9 Å². The second-order valence-electron chi connectivity index (χ2n) is 4.31. The molecule has 2 heterocycles. The average molecular weight is 207 g/mol. The van der Waals surface area contributed by atoms with E-state index >= 15 is 0 Å². The van der Waals surface area contributed by atoms with Crippen molar-refractivity contribution in [2.24, 2.45) is 5.73 Å². The van der Waals surface area contributed by atoms with Gasteiger partial charge in [0.15, 0.2) is 0 Å². The monoisotopic (exact) mass is 207 g/mol. The van der Waals surface area contributed by atoms with Crippen molar-refractivity contribution in [2.75, 3.05) is 13.1 Å². The van der Waals surface area contributed by atoms with Gasteiger partial charge in [-0.2, -0.15) is 0 Å². The predicted molar refractivity (Wildman–Crippen MR) is 58.8 cm³/mol. The first-order valence-electron chi connectivity index (χ1n) is 5.29. The zero-order chi connectivity index (χ0) is 11.0. The number of nitrogens with one attached hydrogen (secondary N) is 1. The number of amides is 1.